The van der Waals surface area contributed by atoms with Gasteiger partial charge in [-0.05, 0) is 24.3 Å². The van der Waals surface area contributed by atoms with E-state index in [2.05, 4.69) is 18.5 Å². The molecule has 0 atom stereocenters. The number of hydrogen-bond acceptors (Lipinski definition) is 4. The molecule has 0 spiro atoms. The van der Waals surface area contributed by atoms with Crippen LogP contribution in [-0.4, -0.2) is 49.7 Å². The molecular weight excluding hydrogens is 352 g/mol. The zero-order valence-electron chi connectivity index (χ0n) is 12.9. The van der Waals surface area contributed by atoms with E-state index in [4.69, 9.17) is 11.6 Å². The van der Waals surface area contributed by atoms with E-state index in [0.717, 1.165) is 0 Å². The van der Waals surface area contributed by atoms with Gasteiger partial charge >= 0.3 is 0 Å². The van der Waals surface area contributed by atoms with Crippen molar-refractivity contribution in [2.45, 2.75) is 0 Å². The molecule has 1 aromatic carbocycles. The van der Waals surface area contributed by atoms with Crippen molar-refractivity contribution in [2.75, 3.05) is 24.6 Å². The number of amides is 2. The SMILES string of the molecule is C=CC(=C)NC(=O)c1ccc(C(=O)N2CCS(=O)(=O)CC2)cc1Cl. The zero-order chi connectivity index (χ0) is 17.9. The molecule has 2 rings (SSSR count). The number of halogens is 1. The van der Waals surface area contributed by atoms with Crippen LogP contribution >= 0.6 is 11.6 Å². The first kappa shape index (κ1) is 18.2. The lowest BCUT2D eigenvalue weighted by Crippen LogP contribution is -2.43. The van der Waals surface area contributed by atoms with Gasteiger partial charge in [-0.1, -0.05) is 24.8 Å². The van der Waals surface area contributed by atoms with Gasteiger partial charge in [0.15, 0.2) is 9.84 Å². The van der Waals surface area contributed by atoms with Crippen LogP contribution in [0, 0.1) is 0 Å². The average Bonchev–Trinajstić information content (AvgIpc) is 2.53. The van der Waals surface area contributed by atoms with Crippen LogP contribution < -0.4 is 5.32 Å². The van der Waals surface area contributed by atoms with Gasteiger partial charge in [0, 0.05) is 24.4 Å². The summed E-state index contributed by atoms with van der Waals surface area (Å²) in [6, 6.07) is 4.34. The third-order valence-electron chi connectivity index (χ3n) is 3.61. The third kappa shape index (κ3) is 4.24. The Bertz CT molecular complexity index is 803. The molecule has 0 aliphatic carbocycles. The molecule has 1 fully saturated rings. The fraction of sp³-hybridized carbons (Fsp3) is 0.250. The van der Waals surface area contributed by atoms with Gasteiger partial charge in [0.2, 0.25) is 0 Å². The average molecular weight is 369 g/mol. The summed E-state index contributed by atoms with van der Waals surface area (Å²) >= 11 is 6.10. The topological polar surface area (TPSA) is 83.6 Å². The van der Waals surface area contributed by atoms with Gasteiger partial charge in [0.05, 0.1) is 22.1 Å². The molecule has 1 heterocycles. The van der Waals surface area contributed by atoms with Gasteiger partial charge < -0.3 is 10.2 Å². The van der Waals surface area contributed by atoms with Crippen LogP contribution in [0.1, 0.15) is 20.7 Å². The van der Waals surface area contributed by atoms with Crippen LogP contribution in [0.25, 0.3) is 0 Å². The molecule has 1 aliphatic heterocycles. The molecule has 8 heteroatoms. The van der Waals surface area contributed by atoms with Crippen molar-refractivity contribution in [3.8, 4) is 0 Å². The summed E-state index contributed by atoms with van der Waals surface area (Å²) in [7, 11) is -3.06. The van der Waals surface area contributed by atoms with Crippen molar-refractivity contribution in [1.29, 1.82) is 0 Å². The number of nitrogens with one attached hydrogen (secondary N) is 1. The van der Waals surface area contributed by atoms with Crippen molar-refractivity contribution in [3.63, 3.8) is 0 Å². The van der Waals surface area contributed by atoms with E-state index in [1.54, 1.807) is 0 Å². The van der Waals surface area contributed by atoms with Gasteiger partial charge in [0.25, 0.3) is 11.8 Å². The summed E-state index contributed by atoms with van der Waals surface area (Å²) in [6.07, 6.45) is 1.40. The summed E-state index contributed by atoms with van der Waals surface area (Å²) in [4.78, 5) is 25.9. The van der Waals surface area contributed by atoms with Gasteiger partial charge in [-0.25, -0.2) is 8.42 Å². The Morgan fingerprint density at radius 1 is 1.25 bits per heavy atom. The number of hydrogen-bond donors (Lipinski definition) is 1. The van der Waals surface area contributed by atoms with Crippen LogP contribution in [0.3, 0.4) is 0 Å². The molecule has 0 unspecified atom stereocenters. The molecule has 0 saturated carbocycles. The minimum atomic E-state index is -3.06. The summed E-state index contributed by atoms with van der Waals surface area (Å²) in [5.74, 6) is -0.852. The molecule has 0 bridgehead atoms. The first-order chi connectivity index (χ1) is 11.2. The number of carbonyl (C=O) groups is 2. The number of nitrogens with zero attached hydrogens (tertiary/aromatic N) is 1. The molecule has 24 heavy (non-hydrogen) atoms. The molecular formula is C16H17ClN2O4S. The van der Waals surface area contributed by atoms with Crippen molar-refractivity contribution >= 4 is 33.3 Å². The summed E-state index contributed by atoms with van der Waals surface area (Å²) in [5.41, 5.74) is 0.849. The van der Waals surface area contributed by atoms with E-state index in [1.165, 1.54) is 29.2 Å². The number of benzene rings is 1. The van der Waals surface area contributed by atoms with Gasteiger partial charge in [-0.15, -0.1) is 0 Å². The van der Waals surface area contributed by atoms with Gasteiger partial charge in [0.1, 0.15) is 0 Å². The molecule has 1 aliphatic rings. The largest absolute Gasteiger partial charge is 0.337 e. The highest BCUT2D eigenvalue weighted by atomic mass is 35.5. The van der Waals surface area contributed by atoms with Gasteiger partial charge in [-0.2, -0.15) is 0 Å². The second kappa shape index (κ2) is 7.19. The first-order valence-electron chi connectivity index (χ1n) is 7.15. The highest BCUT2D eigenvalue weighted by Gasteiger charge is 2.26. The Kier molecular flexibility index (Phi) is 5.46. The fourth-order valence-electron chi connectivity index (χ4n) is 2.19. The predicted molar refractivity (Wildman–Crippen MR) is 92.8 cm³/mol. The van der Waals surface area contributed by atoms with Crippen molar-refractivity contribution in [3.05, 3.63) is 59.3 Å². The van der Waals surface area contributed by atoms with E-state index >= 15 is 0 Å². The molecule has 1 N–H and O–H groups in total. The van der Waals surface area contributed by atoms with Crippen LogP contribution in [0.2, 0.25) is 5.02 Å². The van der Waals surface area contributed by atoms with E-state index in [9.17, 15) is 18.0 Å². The van der Waals surface area contributed by atoms with Crippen LogP contribution in [0.5, 0.6) is 0 Å². The lowest BCUT2D eigenvalue weighted by Gasteiger charge is -2.26. The van der Waals surface area contributed by atoms with Crippen LogP contribution in [0.15, 0.2) is 43.1 Å². The maximum atomic E-state index is 12.4. The molecule has 128 valence electrons. The zero-order valence-corrected chi connectivity index (χ0v) is 14.5. The smallest absolute Gasteiger partial charge is 0.257 e. The van der Waals surface area contributed by atoms with Crippen molar-refractivity contribution < 1.29 is 18.0 Å². The maximum Gasteiger partial charge on any atom is 0.257 e. The molecule has 1 aromatic rings. The first-order valence-corrected chi connectivity index (χ1v) is 9.35. The number of allylic oxidation sites excluding steroid dienone is 1. The Morgan fingerprint density at radius 3 is 2.42 bits per heavy atom. The monoisotopic (exact) mass is 368 g/mol. The highest BCUT2D eigenvalue weighted by molar-refractivity contribution is 7.91. The Labute approximate surface area is 145 Å². The second-order valence-corrected chi connectivity index (χ2v) is 8.03. The predicted octanol–water partition coefficient (Wildman–Crippen LogP) is 1.64. The summed E-state index contributed by atoms with van der Waals surface area (Å²) in [5, 5.41) is 2.63. The Balaban J connectivity index is 2.14. The number of sulfone groups is 1. The molecule has 0 aromatic heterocycles. The normalized spacial score (nSPS) is 16.3. The standard InChI is InChI=1S/C16H17ClN2O4S/c1-3-11(2)18-15(20)13-5-4-12(10-14(13)17)16(21)19-6-8-24(22,23)9-7-19/h3-5,10H,1-2,6-9H2,(H,18,20). The highest BCUT2D eigenvalue weighted by Crippen LogP contribution is 2.20. The van der Waals surface area contributed by atoms with Gasteiger partial charge in [-0.3, -0.25) is 9.59 Å². The van der Waals surface area contributed by atoms with E-state index in [-0.39, 0.29) is 41.1 Å². The summed E-state index contributed by atoms with van der Waals surface area (Å²) in [6.45, 7) is 7.38. The Morgan fingerprint density at radius 2 is 1.88 bits per heavy atom. The lowest BCUT2D eigenvalue weighted by molar-refractivity contribution is 0.0769. The van der Waals surface area contributed by atoms with Crippen LogP contribution in [-0.2, 0) is 9.84 Å². The molecule has 0 radical (unpaired) electrons. The maximum absolute atomic E-state index is 12.4. The van der Waals surface area contributed by atoms with Crippen molar-refractivity contribution in [1.82, 2.24) is 10.2 Å². The minimum Gasteiger partial charge on any atom is -0.337 e. The van der Waals surface area contributed by atoms with E-state index in [0.29, 0.717) is 11.3 Å². The van der Waals surface area contributed by atoms with Crippen molar-refractivity contribution in [2.24, 2.45) is 0 Å². The molecule has 1 saturated heterocycles. The van der Waals surface area contributed by atoms with E-state index in [1.807, 2.05) is 0 Å². The van der Waals surface area contributed by atoms with E-state index < -0.39 is 15.7 Å². The second-order valence-electron chi connectivity index (χ2n) is 5.32. The Hall–Kier alpha value is -2.12. The molecule has 6 nitrogen and oxygen atoms in total. The lowest BCUT2D eigenvalue weighted by atomic mass is 10.1. The fourth-order valence-corrected chi connectivity index (χ4v) is 3.66. The third-order valence-corrected chi connectivity index (χ3v) is 5.53. The minimum absolute atomic E-state index is 0.0450. The van der Waals surface area contributed by atoms with Crippen LogP contribution in [0.4, 0.5) is 0 Å². The summed E-state index contributed by atoms with van der Waals surface area (Å²) < 4.78 is 22.8. The quantitative estimate of drug-likeness (QED) is 0.819. The molecule has 2 amide bonds. The number of rotatable bonds is 4. The number of carbonyl (C=O) groups excluding carboxylic acids is 2.